The Morgan fingerprint density at radius 3 is 2.92 bits per heavy atom. The molecule has 1 aliphatic rings. The van der Waals surface area contributed by atoms with Crippen molar-refractivity contribution in [3.8, 4) is 12.3 Å². The minimum atomic E-state index is 0.445. The van der Waals surface area contributed by atoms with Gasteiger partial charge in [0.25, 0.3) is 0 Å². The molecule has 0 radical (unpaired) electrons. The number of unbranched alkanes of at least 4 members (excludes halogenated alkanes) is 1. The van der Waals surface area contributed by atoms with Gasteiger partial charge >= 0.3 is 0 Å². The minimum Gasteiger partial charge on any atom is -0.328 e. The predicted molar refractivity (Wildman–Crippen MR) is 52.6 cm³/mol. The fraction of sp³-hybridized carbons (Fsp3) is 0.818. The second-order valence-electron chi connectivity index (χ2n) is 4.37. The normalized spacial score (nSPS) is 34.9. The summed E-state index contributed by atoms with van der Waals surface area (Å²) in [5.74, 6) is 2.69. The number of hydrogen-bond acceptors (Lipinski definition) is 1. The summed E-state index contributed by atoms with van der Waals surface area (Å²) >= 11 is 0. The Morgan fingerprint density at radius 1 is 1.67 bits per heavy atom. The van der Waals surface area contributed by atoms with Crippen LogP contribution < -0.4 is 5.73 Å². The van der Waals surface area contributed by atoms with Gasteiger partial charge in [-0.05, 0) is 37.5 Å². The molecule has 0 aliphatic heterocycles. The van der Waals surface area contributed by atoms with Crippen molar-refractivity contribution >= 4 is 0 Å². The summed E-state index contributed by atoms with van der Waals surface area (Å²) < 4.78 is 0. The number of rotatable bonds is 3. The first-order chi connectivity index (χ1) is 5.66. The molecular weight excluding hydrogens is 146 g/mol. The molecule has 0 spiro atoms. The van der Waals surface area contributed by atoms with Gasteiger partial charge in [-0.2, -0.15) is 0 Å². The first kappa shape index (κ1) is 9.61. The van der Waals surface area contributed by atoms with Crippen LogP contribution in [-0.2, 0) is 0 Å². The first-order valence-corrected chi connectivity index (χ1v) is 4.85. The summed E-state index contributed by atoms with van der Waals surface area (Å²) in [4.78, 5) is 0. The summed E-state index contributed by atoms with van der Waals surface area (Å²) in [6, 6.07) is 0.445. The number of nitrogens with two attached hydrogens (primary N) is 1. The van der Waals surface area contributed by atoms with E-state index in [1.165, 1.54) is 32.1 Å². The highest BCUT2D eigenvalue weighted by Crippen LogP contribution is 2.40. The van der Waals surface area contributed by atoms with E-state index in [1.807, 2.05) is 0 Å². The van der Waals surface area contributed by atoms with Crippen molar-refractivity contribution in [2.45, 2.75) is 51.5 Å². The molecule has 0 aromatic heterocycles. The molecule has 1 nitrogen and oxygen atoms in total. The zero-order valence-electron chi connectivity index (χ0n) is 7.97. The van der Waals surface area contributed by atoms with E-state index in [-0.39, 0.29) is 0 Å². The van der Waals surface area contributed by atoms with Crippen LogP contribution in [0.1, 0.15) is 45.4 Å². The highest BCUT2D eigenvalue weighted by atomic mass is 14.7. The Balaban J connectivity index is 2.26. The van der Waals surface area contributed by atoms with Crippen molar-refractivity contribution < 1.29 is 0 Å². The van der Waals surface area contributed by atoms with Crippen molar-refractivity contribution in [2.75, 3.05) is 0 Å². The van der Waals surface area contributed by atoms with Gasteiger partial charge < -0.3 is 5.73 Å². The van der Waals surface area contributed by atoms with Crippen molar-refractivity contribution in [3.05, 3.63) is 0 Å². The maximum absolute atomic E-state index is 5.87. The van der Waals surface area contributed by atoms with E-state index in [0.717, 1.165) is 6.42 Å². The molecule has 12 heavy (non-hydrogen) atoms. The van der Waals surface area contributed by atoms with Gasteiger partial charge in [-0.3, -0.25) is 0 Å². The second-order valence-corrected chi connectivity index (χ2v) is 4.37. The summed E-state index contributed by atoms with van der Waals surface area (Å²) in [7, 11) is 0. The third-order valence-corrected chi connectivity index (χ3v) is 2.98. The minimum absolute atomic E-state index is 0.445. The highest BCUT2D eigenvalue weighted by molar-refractivity contribution is 4.89. The molecule has 2 unspecified atom stereocenters. The predicted octanol–water partition coefficient (Wildman–Crippen LogP) is 2.31. The van der Waals surface area contributed by atoms with Crippen molar-refractivity contribution in [1.29, 1.82) is 0 Å². The van der Waals surface area contributed by atoms with Gasteiger partial charge in [0, 0.05) is 12.5 Å². The molecule has 1 fully saturated rings. The number of hydrogen-bond donors (Lipinski definition) is 1. The van der Waals surface area contributed by atoms with Crippen LogP contribution in [0.25, 0.3) is 0 Å². The molecule has 1 heteroatoms. The Kier molecular flexibility index (Phi) is 3.17. The van der Waals surface area contributed by atoms with Gasteiger partial charge in [-0.15, -0.1) is 12.3 Å². The van der Waals surface area contributed by atoms with E-state index >= 15 is 0 Å². The standard InChI is InChI=1S/C11H19N/c1-3-4-5-7-11(2)8-6-10(12)9-11/h1,10H,4-9,12H2,2H3. The molecule has 1 rings (SSSR count). The third-order valence-electron chi connectivity index (χ3n) is 2.98. The maximum Gasteiger partial charge on any atom is 0.00862 e. The number of terminal acetylenes is 1. The lowest BCUT2D eigenvalue weighted by Crippen LogP contribution is -2.19. The largest absolute Gasteiger partial charge is 0.328 e. The zero-order valence-corrected chi connectivity index (χ0v) is 7.97. The molecule has 2 N–H and O–H groups in total. The van der Waals surface area contributed by atoms with Crippen LogP contribution >= 0.6 is 0 Å². The van der Waals surface area contributed by atoms with Crippen LogP contribution in [0, 0.1) is 17.8 Å². The van der Waals surface area contributed by atoms with Crippen LogP contribution in [0.4, 0.5) is 0 Å². The lowest BCUT2D eigenvalue weighted by molar-refractivity contribution is 0.297. The Bertz CT molecular complexity index is 180. The summed E-state index contributed by atoms with van der Waals surface area (Å²) in [5.41, 5.74) is 6.37. The Morgan fingerprint density at radius 2 is 2.42 bits per heavy atom. The van der Waals surface area contributed by atoms with E-state index in [2.05, 4.69) is 12.8 Å². The Hall–Kier alpha value is -0.480. The molecule has 0 bridgehead atoms. The lowest BCUT2D eigenvalue weighted by Gasteiger charge is -2.22. The first-order valence-electron chi connectivity index (χ1n) is 4.85. The van der Waals surface area contributed by atoms with E-state index in [4.69, 9.17) is 12.2 Å². The summed E-state index contributed by atoms with van der Waals surface area (Å²) in [5, 5.41) is 0. The quantitative estimate of drug-likeness (QED) is 0.504. The monoisotopic (exact) mass is 165 g/mol. The SMILES string of the molecule is C#CCCCC1(C)CCC(N)C1. The van der Waals surface area contributed by atoms with E-state index in [1.54, 1.807) is 0 Å². The third kappa shape index (κ3) is 2.53. The van der Waals surface area contributed by atoms with Crippen LogP contribution in [0.15, 0.2) is 0 Å². The molecular formula is C11H19N. The molecule has 0 aromatic rings. The fourth-order valence-electron chi connectivity index (χ4n) is 2.22. The van der Waals surface area contributed by atoms with E-state index in [9.17, 15) is 0 Å². The van der Waals surface area contributed by atoms with Crippen molar-refractivity contribution in [2.24, 2.45) is 11.1 Å². The molecule has 0 heterocycles. The Labute approximate surface area is 75.7 Å². The molecule has 0 saturated heterocycles. The highest BCUT2D eigenvalue weighted by Gasteiger charge is 2.32. The smallest absolute Gasteiger partial charge is 0.00862 e. The average molecular weight is 165 g/mol. The van der Waals surface area contributed by atoms with Gasteiger partial charge in [0.1, 0.15) is 0 Å². The molecule has 2 atom stereocenters. The fourth-order valence-corrected chi connectivity index (χ4v) is 2.22. The molecule has 68 valence electrons. The van der Waals surface area contributed by atoms with Gasteiger partial charge in [0.05, 0.1) is 0 Å². The molecule has 0 amide bonds. The maximum atomic E-state index is 5.87. The van der Waals surface area contributed by atoms with Crippen LogP contribution in [-0.4, -0.2) is 6.04 Å². The lowest BCUT2D eigenvalue weighted by atomic mass is 9.83. The summed E-state index contributed by atoms with van der Waals surface area (Å²) in [6.07, 6.45) is 12.2. The van der Waals surface area contributed by atoms with E-state index in [0.29, 0.717) is 11.5 Å². The average Bonchev–Trinajstić information content (AvgIpc) is 2.32. The molecule has 1 saturated carbocycles. The molecule has 1 aliphatic carbocycles. The van der Waals surface area contributed by atoms with Crippen LogP contribution in [0.2, 0.25) is 0 Å². The van der Waals surface area contributed by atoms with Crippen molar-refractivity contribution in [1.82, 2.24) is 0 Å². The van der Waals surface area contributed by atoms with Crippen molar-refractivity contribution in [3.63, 3.8) is 0 Å². The van der Waals surface area contributed by atoms with Crippen LogP contribution in [0.5, 0.6) is 0 Å². The van der Waals surface area contributed by atoms with Gasteiger partial charge in [-0.1, -0.05) is 6.92 Å². The van der Waals surface area contributed by atoms with Crippen LogP contribution in [0.3, 0.4) is 0 Å². The topological polar surface area (TPSA) is 26.0 Å². The van der Waals surface area contributed by atoms with Gasteiger partial charge in [0.2, 0.25) is 0 Å². The van der Waals surface area contributed by atoms with Gasteiger partial charge in [0.15, 0.2) is 0 Å². The second kappa shape index (κ2) is 3.96. The van der Waals surface area contributed by atoms with E-state index < -0.39 is 0 Å². The zero-order chi connectivity index (χ0) is 9.03. The van der Waals surface area contributed by atoms with Gasteiger partial charge in [-0.25, -0.2) is 0 Å². The summed E-state index contributed by atoms with van der Waals surface area (Å²) in [6.45, 7) is 2.34. The molecule has 0 aromatic carbocycles.